The number of rotatable bonds is 4. The fourth-order valence-electron chi connectivity index (χ4n) is 1.20. The molecule has 3 heteroatoms. The third-order valence-corrected chi connectivity index (χ3v) is 1.93. The summed E-state index contributed by atoms with van der Waals surface area (Å²) in [6.45, 7) is 5.46. The van der Waals surface area contributed by atoms with E-state index in [1.54, 1.807) is 6.20 Å². The third-order valence-electron chi connectivity index (χ3n) is 1.93. The summed E-state index contributed by atoms with van der Waals surface area (Å²) in [5.74, 6) is 1.40. The molecule has 0 atom stereocenters. The Bertz CT molecular complexity index is 227. The summed E-state index contributed by atoms with van der Waals surface area (Å²) in [6, 6.07) is 0. The number of nitrogens with two attached hydrogens (primary N) is 1. The van der Waals surface area contributed by atoms with Gasteiger partial charge in [0.2, 0.25) is 0 Å². The molecular weight excluding hydrogens is 150 g/mol. The van der Waals surface area contributed by atoms with Crippen molar-refractivity contribution in [2.75, 3.05) is 5.73 Å². The molecule has 0 aromatic carbocycles. The van der Waals surface area contributed by atoms with Crippen molar-refractivity contribution in [2.24, 2.45) is 5.92 Å². The molecule has 1 aromatic heterocycles. The first-order chi connectivity index (χ1) is 5.70. The van der Waals surface area contributed by atoms with Crippen LogP contribution in [0, 0.1) is 5.92 Å². The highest BCUT2D eigenvalue weighted by Crippen LogP contribution is 2.07. The van der Waals surface area contributed by atoms with Gasteiger partial charge in [-0.15, -0.1) is 0 Å². The SMILES string of the molecule is CC(C)CCCn1ccnc1N. The van der Waals surface area contributed by atoms with Crippen LogP contribution in [0.5, 0.6) is 0 Å². The smallest absolute Gasteiger partial charge is 0.200 e. The first-order valence-electron chi connectivity index (χ1n) is 4.46. The van der Waals surface area contributed by atoms with Crippen molar-refractivity contribution in [3.8, 4) is 0 Å². The lowest BCUT2D eigenvalue weighted by atomic mass is 10.1. The van der Waals surface area contributed by atoms with Crippen LogP contribution < -0.4 is 5.73 Å². The van der Waals surface area contributed by atoms with E-state index < -0.39 is 0 Å². The number of hydrogen-bond donors (Lipinski definition) is 1. The van der Waals surface area contributed by atoms with E-state index in [9.17, 15) is 0 Å². The van der Waals surface area contributed by atoms with E-state index >= 15 is 0 Å². The first-order valence-corrected chi connectivity index (χ1v) is 4.46. The fraction of sp³-hybridized carbons (Fsp3) is 0.667. The number of aryl methyl sites for hydroxylation is 1. The van der Waals surface area contributed by atoms with Gasteiger partial charge >= 0.3 is 0 Å². The van der Waals surface area contributed by atoms with Gasteiger partial charge in [-0.2, -0.15) is 0 Å². The molecule has 1 rings (SSSR count). The molecule has 0 aliphatic carbocycles. The third kappa shape index (κ3) is 2.57. The van der Waals surface area contributed by atoms with Gasteiger partial charge in [0.1, 0.15) is 0 Å². The van der Waals surface area contributed by atoms with Gasteiger partial charge in [0.25, 0.3) is 0 Å². The number of nitrogen functional groups attached to an aromatic ring is 1. The van der Waals surface area contributed by atoms with Gasteiger partial charge in [-0.25, -0.2) is 4.98 Å². The second-order valence-electron chi connectivity index (χ2n) is 3.51. The molecular formula is C9H17N3. The molecule has 0 spiro atoms. The zero-order valence-electron chi connectivity index (χ0n) is 7.83. The van der Waals surface area contributed by atoms with Crippen LogP contribution in [-0.4, -0.2) is 9.55 Å². The molecule has 0 aliphatic rings. The quantitative estimate of drug-likeness (QED) is 0.744. The predicted molar refractivity (Wildman–Crippen MR) is 50.7 cm³/mol. The van der Waals surface area contributed by atoms with Crippen LogP contribution >= 0.6 is 0 Å². The first kappa shape index (κ1) is 9.10. The Labute approximate surface area is 73.6 Å². The minimum atomic E-state index is 0.624. The fourth-order valence-corrected chi connectivity index (χ4v) is 1.20. The highest BCUT2D eigenvalue weighted by atomic mass is 15.1. The van der Waals surface area contributed by atoms with Crippen LogP contribution in [0.3, 0.4) is 0 Å². The topological polar surface area (TPSA) is 43.8 Å². The average Bonchev–Trinajstić information content (AvgIpc) is 2.36. The van der Waals surface area contributed by atoms with Crippen molar-refractivity contribution in [3.63, 3.8) is 0 Å². The minimum absolute atomic E-state index is 0.624. The van der Waals surface area contributed by atoms with Crippen molar-refractivity contribution >= 4 is 5.95 Å². The maximum Gasteiger partial charge on any atom is 0.200 e. The Kier molecular flexibility index (Phi) is 3.14. The molecule has 0 aliphatic heterocycles. The Morgan fingerprint density at radius 2 is 2.33 bits per heavy atom. The number of nitrogens with zero attached hydrogens (tertiary/aromatic N) is 2. The molecule has 12 heavy (non-hydrogen) atoms. The van der Waals surface area contributed by atoms with Crippen molar-refractivity contribution in [1.29, 1.82) is 0 Å². The maximum absolute atomic E-state index is 5.61. The summed E-state index contributed by atoms with van der Waals surface area (Å²) in [5, 5.41) is 0. The van der Waals surface area contributed by atoms with Crippen LogP contribution in [0.15, 0.2) is 12.4 Å². The van der Waals surface area contributed by atoms with Gasteiger partial charge in [-0.3, -0.25) is 0 Å². The van der Waals surface area contributed by atoms with Gasteiger partial charge in [-0.05, 0) is 18.8 Å². The van der Waals surface area contributed by atoms with Crippen molar-refractivity contribution < 1.29 is 0 Å². The summed E-state index contributed by atoms with van der Waals surface area (Å²) in [7, 11) is 0. The van der Waals surface area contributed by atoms with E-state index in [4.69, 9.17) is 5.73 Å². The highest BCUT2D eigenvalue weighted by Gasteiger charge is 1.98. The van der Waals surface area contributed by atoms with Crippen LogP contribution in [0.1, 0.15) is 26.7 Å². The van der Waals surface area contributed by atoms with Gasteiger partial charge in [0.05, 0.1) is 0 Å². The predicted octanol–water partition coefficient (Wildman–Crippen LogP) is 1.90. The monoisotopic (exact) mass is 167 g/mol. The second-order valence-corrected chi connectivity index (χ2v) is 3.51. The zero-order chi connectivity index (χ0) is 8.97. The summed E-state index contributed by atoms with van der Waals surface area (Å²) >= 11 is 0. The Morgan fingerprint density at radius 3 is 2.83 bits per heavy atom. The van der Waals surface area contributed by atoms with E-state index in [1.807, 2.05) is 10.8 Å². The molecule has 68 valence electrons. The standard InChI is InChI=1S/C9H17N3/c1-8(2)4-3-6-12-7-5-11-9(12)10/h5,7-8H,3-4,6H2,1-2H3,(H2,10,11). The van der Waals surface area contributed by atoms with E-state index in [-0.39, 0.29) is 0 Å². The van der Waals surface area contributed by atoms with Crippen molar-refractivity contribution in [3.05, 3.63) is 12.4 Å². The van der Waals surface area contributed by atoms with Gasteiger partial charge < -0.3 is 10.3 Å². The lowest BCUT2D eigenvalue weighted by Gasteiger charge is -2.05. The molecule has 0 fully saturated rings. The largest absolute Gasteiger partial charge is 0.369 e. The summed E-state index contributed by atoms with van der Waals surface area (Å²) in [4.78, 5) is 3.96. The van der Waals surface area contributed by atoms with Crippen molar-refractivity contribution in [2.45, 2.75) is 33.2 Å². The normalized spacial score (nSPS) is 10.9. The lowest BCUT2D eigenvalue weighted by molar-refractivity contribution is 0.514. The molecule has 0 amide bonds. The number of anilines is 1. The average molecular weight is 167 g/mol. The van der Waals surface area contributed by atoms with Crippen LogP contribution in [0.4, 0.5) is 5.95 Å². The Hall–Kier alpha value is -0.990. The zero-order valence-corrected chi connectivity index (χ0v) is 7.83. The number of imidazole rings is 1. The van der Waals surface area contributed by atoms with Gasteiger partial charge in [-0.1, -0.05) is 13.8 Å². The summed E-state index contributed by atoms with van der Waals surface area (Å²) in [6.07, 6.45) is 6.09. The highest BCUT2D eigenvalue weighted by molar-refractivity contribution is 5.16. The van der Waals surface area contributed by atoms with E-state index in [2.05, 4.69) is 18.8 Å². The molecule has 0 unspecified atom stereocenters. The Balaban J connectivity index is 2.29. The number of aromatic nitrogens is 2. The van der Waals surface area contributed by atoms with Gasteiger partial charge in [0, 0.05) is 18.9 Å². The van der Waals surface area contributed by atoms with Crippen LogP contribution in [0.2, 0.25) is 0 Å². The van der Waals surface area contributed by atoms with E-state index in [0.29, 0.717) is 5.95 Å². The van der Waals surface area contributed by atoms with Gasteiger partial charge in [0.15, 0.2) is 5.95 Å². The molecule has 0 saturated carbocycles. The summed E-state index contributed by atoms with van der Waals surface area (Å²) < 4.78 is 1.99. The minimum Gasteiger partial charge on any atom is -0.369 e. The van der Waals surface area contributed by atoms with Crippen LogP contribution in [-0.2, 0) is 6.54 Å². The molecule has 1 heterocycles. The van der Waals surface area contributed by atoms with E-state index in [0.717, 1.165) is 12.5 Å². The van der Waals surface area contributed by atoms with E-state index in [1.165, 1.54) is 12.8 Å². The summed E-state index contributed by atoms with van der Waals surface area (Å²) in [5.41, 5.74) is 5.61. The molecule has 0 bridgehead atoms. The molecule has 1 aromatic rings. The molecule has 0 saturated heterocycles. The molecule has 2 N–H and O–H groups in total. The van der Waals surface area contributed by atoms with Crippen LogP contribution in [0.25, 0.3) is 0 Å². The molecule has 3 nitrogen and oxygen atoms in total. The van der Waals surface area contributed by atoms with Crippen molar-refractivity contribution in [1.82, 2.24) is 9.55 Å². The Morgan fingerprint density at radius 1 is 1.58 bits per heavy atom. The maximum atomic E-state index is 5.61. The lowest BCUT2D eigenvalue weighted by Crippen LogP contribution is -2.03. The second kappa shape index (κ2) is 4.14. The molecule has 0 radical (unpaired) electrons. The number of hydrogen-bond acceptors (Lipinski definition) is 2.